The summed E-state index contributed by atoms with van der Waals surface area (Å²) in [6, 6.07) is 10.6. The first-order valence-electron chi connectivity index (χ1n) is 8.55. The van der Waals surface area contributed by atoms with Crippen LogP contribution in [-0.4, -0.2) is 49.9 Å². The standard InChI is InChI=1S/C19H21N3O3.ClH/c1-21(19(24)17-7-4-8-25-17)16-6-3-2-5-15(16)18(23)22-11-13-9-20-10-14(13)12-22;/h2-8,13-14,20H,9-12H2,1H3;1H/t13-,14+;. The van der Waals surface area contributed by atoms with Crippen LogP contribution in [-0.2, 0) is 0 Å². The number of carbonyl (C=O) groups is 2. The lowest BCUT2D eigenvalue weighted by molar-refractivity contribution is 0.0782. The van der Waals surface area contributed by atoms with Crippen LogP contribution in [0.25, 0.3) is 0 Å². The highest BCUT2D eigenvalue weighted by molar-refractivity contribution is 6.09. The smallest absolute Gasteiger partial charge is 0.293 e. The van der Waals surface area contributed by atoms with Gasteiger partial charge in [0.1, 0.15) is 0 Å². The third-order valence-corrected chi connectivity index (χ3v) is 5.21. The Labute approximate surface area is 158 Å². The molecule has 0 unspecified atom stereocenters. The first-order chi connectivity index (χ1) is 12.1. The molecule has 0 saturated carbocycles. The van der Waals surface area contributed by atoms with Crippen molar-refractivity contribution in [2.24, 2.45) is 11.8 Å². The monoisotopic (exact) mass is 375 g/mol. The van der Waals surface area contributed by atoms with Crippen molar-refractivity contribution in [2.45, 2.75) is 0 Å². The van der Waals surface area contributed by atoms with Gasteiger partial charge in [-0.3, -0.25) is 9.59 Å². The number of amides is 2. The fourth-order valence-corrected chi connectivity index (χ4v) is 3.81. The summed E-state index contributed by atoms with van der Waals surface area (Å²) in [5.74, 6) is 1.06. The van der Waals surface area contributed by atoms with Gasteiger partial charge in [0.25, 0.3) is 11.8 Å². The second kappa shape index (κ2) is 7.51. The van der Waals surface area contributed by atoms with Crippen LogP contribution < -0.4 is 10.2 Å². The number of nitrogens with one attached hydrogen (secondary N) is 1. The van der Waals surface area contributed by atoms with E-state index in [1.807, 2.05) is 17.0 Å². The van der Waals surface area contributed by atoms with E-state index in [9.17, 15) is 9.59 Å². The minimum absolute atomic E-state index is 0. The van der Waals surface area contributed by atoms with Crippen molar-refractivity contribution in [1.82, 2.24) is 10.2 Å². The van der Waals surface area contributed by atoms with Gasteiger partial charge in [-0.25, -0.2) is 0 Å². The Morgan fingerprint density at radius 3 is 2.46 bits per heavy atom. The van der Waals surface area contributed by atoms with E-state index in [2.05, 4.69) is 5.32 Å². The van der Waals surface area contributed by atoms with Gasteiger partial charge in [-0.1, -0.05) is 12.1 Å². The molecular formula is C19H22ClN3O3. The van der Waals surface area contributed by atoms with Gasteiger partial charge < -0.3 is 19.5 Å². The van der Waals surface area contributed by atoms with Crippen LogP contribution in [0.15, 0.2) is 47.1 Å². The second-order valence-electron chi connectivity index (χ2n) is 6.75. The number of likely N-dealkylation sites (tertiary alicyclic amines) is 1. The predicted molar refractivity (Wildman–Crippen MR) is 101 cm³/mol. The number of fused-ring (bicyclic) bond motifs is 1. The second-order valence-corrected chi connectivity index (χ2v) is 6.75. The maximum atomic E-state index is 13.1. The van der Waals surface area contributed by atoms with E-state index in [0.29, 0.717) is 23.1 Å². The van der Waals surface area contributed by atoms with Gasteiger partial charge in [0.2, 0.25) is 0 Å². The number of hydrogen-bond donors (Lipinski definition) is 1. The summed E-state index contributed by atoms with van der Waals surface area (Å²) in [6.07, 6.45) is 1.47. The molecule has 2 aromatic rings. The van der Waals surface area contributed by atoms with Gasteiger partial charge in [0.15, 0.2) is 5.76 Å². The average Bonchev–Trinajstić information content (AvgIpc) is 3.36. The fraction of sp³-hybridized carbons (Fsp3) is 0.368. The summed E-state index contributed by atoms with van der Waals surface area (Å²) in [5.41, 5.74) is 1.15. The molecule has 0 aliphatic carbocycles. The SMILES string of the molecule is CN(C(=O)c1ccco1)c1ccccc1C(=O)N1C[C@H]2CNC[C@H]2C1.Cl. The fourth-order valence-electron chi connectivity index (χ4n) is 3.81. The lowest BCUT2D eigenvalue weighted by Crippen LogP contribution is -2.34. The van der Waals surface area contributed by atoms with Gasteiger partial charge in [0.05, 0.1) is 17.5 Å². The van der Waals surface area contributed by atoms with Crippen LogP contribution in [0.3, 0.4) is 0 Å². The van der Waals surface area contributed by atoms with E-state index < -0.39 is 0 Å². The van der Waals surface area contributed by atoms with Crippen LogP contribution in [0, 0.1) is 11.8 Å². The maximum absolute atomic E-state index is 13.1. The van der Waals surface area contributed by atoms with E-state index in [4.69, 9.17) is 4.42 Å². The molecule has 2 saturated heterocycles. The van der Waals surface area contributed by atoms with E-state index in [-0.39, 0.29) is 30.0 Å². The lowest BCUT2D eigenvalue weighted by Gasteiger charge is -2.23. The highest BCUT2D eigenvalue weighted by atomic mass is 35.5. The zero-order chi connectivity index (χ0) is 17.4. The maximum Gasteiger partial charge on any atom is 0.293 e. The lowest BCUT2D eigenvalue weighted by atomic mass is 10.0. The van der Waals surface area contributed by atoms with Crippen LogP contribution in [0.4, 0.5) is 5.69 Å². The molecule has 1 aromatic heterocycles. The number of anilines is 1. The van der Waals surface area contributed by atoms with Gasteiger partial charge in [-0.2, -0.15) is 0 Å². The van der Waals surface area contributed by atoms with Crippen molar-refractivity contribution in [3.8, 4) is 0 Å². The molecule has 1 aromatic carbocycles. The highest BCUT2D eigenvalue weighted by Crippen LogP contribution is 2.30. The van der Waals surface area contributed by atoms with Crippen LogP contribution in [0.2, 0.25) is 0 Å². The molecule has 4 rings (SSSR count). The molecule has 2 fully saturated rings. The number of nitrogens with zero attached hydrogens (tertiary/aromatic N) is 2. The predicted octanol–water partition coefficient (Wildman–Crippen LogP) is 2.27. The Morgan fingerprint density at radius 2 is 1.81 bits per heavy atom. The Hall–Kier alpha value is -2.31. The summed E-state index contributed by atoms with van der Waals surface area (Å²) in [7, 11) is 1.67. The molecule has 138 valence electrons. The van der Waals surface area contributed by atoms with Gasteiger partial charge in [0, 0.05) is 33.2 Å². The summed E-state index contributed by atoms with van der Waals surface area (Å²) in [5, 5.41) is 3.38. The van der Waals surface area contributed by atoms with Crippen molar-refractivity contribution >= 4 is 29.9 Å². The summed E-state index contributed by atoms with van der Waals surface area (Å²) >= 11 is 0. The zero-order valence-electron chi connectivity index (χ0n) is 14.6. The number of carbonyl (C=O) groups excluding carboxylic acids is 2. The zero-order valence-corrected chi connectivity index (χ0v) is 15.4. The van der Waals surface area contributed by atoms with Gasteiger partial charge >= 0.3 is 0 Å². The topological polar surface area (TPSA) is 65.8 Å². The Balaban J connectivity index is 0.00000196. The van der Waals surface area contributed by atoms with E-state index in [0.717, 1.165) is 26.2 Å². The number of furan rings is 1. The van der Waals surface area contributed by atoms with Crippen LogP contribution in [0.5, 0.6) is 0 Å². The largest absolute Gasteiger partial charge is 0.459 e. The molecule has 1 N–H and O–H groups in total. The van der Waals surface area contributed by atoms with Crippen LogP contribution >= 0.6 is 12.4 Å². The number of rotatable bonds is 3. The molecule has 6 nitrogen and oxygen atoms in total. The first kappa shape index (κ1) is 18.5. The molecule has 2 aliphatic heterocycles. The van der Waals surface area contributed by atoms with E-state index in [1.54, 1.807) is 31.3 Å². The van der Waals surface area contributed by atoms with Crippen molar-refractivity contribution in [3.05, 3.63) is 54.0 Å². The number of halogens is 1. The average molecular weight is 376 g/mol. The number of hydrogen-bond acceptors (Lipinski definition) is 4. The molecule has 2 aliphatic rings. The molecule has 0 radical (unpaired) electrons. The van der Waals surface area contributed by atoms with Crippen molar-refractivity contribution < 1.29 is 14.0 Å². The van der Waals surface area contributed by atoms with Crippen molar-refractivity contribution in [3.63, 3.8) is 0 Å². The molecule has 0 spiro atoms. The van der Waals surface area contributed by atoms with Gasteiger partial charge in [-0.15, -0.1) is 12.4 Å². The Morgan fingerprint density at radius 1 is 1.12 bits per heavy atom. The van der Waals surface area contributed by atoms with Crippen molar-refractivity contribution in [1.29, 1.82) is 0 Å². The summed E-state index contributed by atoms with van der Waals surface area (Å²) < 4.78 is 5.19. The molecule has 3 heterocycles. The summed E-state index contributed by atoms with van der Waals surface area (Å²) in [6.45, 7) is 3.52. The minimum atomic E-state index is -0.271. The minimum Gasteiger partial charge on any atom is -0.459 e. The highest BCUT2D eigenvalue weighted by Gasteiger charge is 2.39. The molecule has 2 atom stereocenters. The first-order valence-corrected chi connectivity index (χ1v) is 8.55. The van der Waals surface area contributed by atoms with Crippen LogP contribution in [0.1, 0.15) is 20.9 Å². The molecule has 2 amide bonds. The quantitative estimate of drug-likeness (QED) is 0.893. The Bertz CT molecular complexity index is 781. The van der Waals surface area contributed by atoms with E-state index in [1.165, 1.54) is 11.2 Å². The molecule has 0 bridgehead atoms. The third-order valence-electron chi connectivity index (χ3n) is 5.21. The van der Waals surface area contributed by atoms with Crippen molar-refractivity contribution in [2.75, 3.05) is 38.1 Å². The van der Waals surface area contributed by atoms with E-state index >= 15 is 0 Å². The normalized spacial score (nSPS) is 21.2. The molecule has 7 heteroatoms. The summed E-state index contributed by atoms with van der Waals surface area (Å²) in [4.78, 5) is 29.0. The number of para-hydroxylation sites is 1. The van der Waals surface area contributed by atoms with Gasteiger partial charge in [-0.05, 0) is 36.1 Å². The third kappa shape index (κ3) is 3.22. The Kier molecular flexibility index (Phi) is 5.34. The number of benzene rings is 1. The molecular weight excluding hydrogens is 354 g/mol. The molecule has 26 heavy (non-hydrogen) atoms.